The van der Waals surface area contributed by atoms with Gasteiger partial charge in [0, 0.05) is 23.2 Å². The van der Waals surface area contributed by atoms with Gasteiger partial charge in [-0.05, 0) is 18.3 Å². The number of nitro benzene ring substituents is 1. The summed E-state index contributed by atoms with van der Waals surface area (Å²) in [6, 6.07) is 5.72. The molecule has 0 saturated carbocycles. The normalized spacial score (nSPS) is 12.9. The van der Waals surface area contributed by atoms with Gasteiger partial charge in [-0.3, -0.25) is 14.9 Å². The van der Waals surface area contributed by atoms with Crippen LogP contribution in [0.25, 0.3) is 0 Å². The van der Waals surface area contributed by atoms with Gasteiger partial charge >= 0.3 is 0 Å². The zero-order valence-corrected chi connectivity index (χ0v) is 16.7. The van der Waals surface area contributed by atoms with Gasteiger partial charge in [-0.2, -0.15) is 0 Å². The molecule has 0 aliphatic rings. The van der Waals surface area contributed by atoms with Crippen molar-refractivity contribution >= 4 is 69.4 Å². The largest absolute Gasteiger partial charge is 0.339 e. The first-order valence-electron chi connectivity index (χ1n) is 7.00. The predicted molar refractivity (Wildman–Crippen MR) is 104 cm³/mol. The molecule has 1 atom stereocenters. The predicted octanol–water partition coefficient (Wildman–Crippen LogP) is 3.74. The highest BCUT2D eigenvalue weighted by atomic mass is 35.6. The van der Waals surface area contributed by atoms with E-state index in [1.807, 2.05) is 0 Å². The molecule has 1 amide bonds. The molecule has 1 aromatic rings. The average molecular weight is 428 g/mol. The van der Waals surface area contributed by atoms with Gasteiger partial charge in [0.15, 0.2) is 5.11 Å². The Morgan fingerprint density at radius 3 is 2.32 bits per heavy atom. The van der Waals surface area contributed by atoms with E-state index >= 15 is 0 Å². The number of hydrogen-bond donors (Lipinski definition) is 3. The summed E-state index contributed by atoms with van der Waals surface area (Å²) in [5.74, 6) is -0.352. The van der Waals surface area contributed by atoms with E-state index in [4.69, 9.17) is 47.0 Å². The quantitative estimate of drug-likeness (QED) is 0.223. The third-order valence-electron chi connectivity index (χ3n) is 2.87. The van der Waals surface area contributed by atoms with Crippen molar-refractivity contribution in [1.82, 2.24) is 10.6 Å². The van der Waals surface area contributed by atoms with Crippen molar-refractivity contribution in [3.8, 4) is 0 Å². The van der Waals surface area contributed by atoms with Gasteiger partial charge in [-0.1, -0.05) is 61.6 Å². The van der Waals surface area contributed by atoms with Crippen LogP contribution in [-0.4, -0.2) is 25.9 Å². The number of alkyl halides is 3. The van der Waals surface area contributed by atoms with Crippen LogP contribution in [0.2, 0.25) is 0 Å². The molecule has 1 rings (SSSR count). The first kappa shape index (κ1) is 21.7. The van der Waals surface area contributed by atoms with Gasteiger partial charge in [-0.25, -0.2) is 0 Å². The number of hydrogen-bond acceptors (Lipinski definition) is 4. The third-order valence-corrected chi connectivity index (χ3v) is 3.75. The zero-order valence-electron chi connectivity index (χ0n) is 13.6. The Labute approximate surface area is 165 Å². The lowest BCUT2D eigenvalue weighted by atomic mass is 9.95. The number of carbonyl (C=O) groups excluding carboxylic acids is 1. The SMILES string of the molecule is CC(C)(C)C(=O)N[C@@H](NC(=S)Nc1cccc([N+](=O)[O-])c1)C(Cl)(Cl)Cl. The second-order valence-electron chi connectivity index (χ2n) is 6.10. The van der Waals surface area contributed by atoms with E-state index in [-0.39, 0.29) is 16.7 Å². The van der Waals surface area contributed by atoms with E-state index in [1.54, 1.807) is 26.8 Å². The number of nitro groups is 1. The molecular weight excluding hydrogens is 411 g/mol. The van der Waals surface area contributed by atoms with Crippen molar-refractivity contribution in [2.45, 2.75) is 30.7 Å². The van der Waals surface area contributed by atoms with Crippen LogP contribution in [0.1, 0.15) is 20.8 Å². The van der Waals surface area contributed by atoms with Crippen molar-refractivity contribution in [2.75, 3.05) is 5.32 Å². The van der Waals surface area contributed by atoms with Crippen LogP contribution >= 0.6 is 47.0 Å². The molecule has 3 N–H and O–H groups in total. The van der Waals surface area contributed by atoms with E-state index < -0.39 is 20.3 Å². The van der Waals surface area contributed by atoms with E-state index in [0.29, 0.717) is 5.69 Å². The van der Waals surface area contributed by atoms with Crippen molar-refractivity contribution in [3.63, 3.8) is 0 Å². The van der Waals surface area contributed by atoms with E-state index in [1.165, 1.54) is 18.2 Å². The summed E-state index contributed by atoms with van der Waals surface area (Å²) in [5, 5.41) is 18.8. The molecule has 0 unspecified atom stereocenters. The number of halogens is 3. The van der Waals surface area contributed by atoms with Gasteiger partial charge < -0.3 is 16.0 Å². The highest BCUT2D eigenvalue weighted by molar-refractivity contribution is 7.80. The fourth-order valence-electron chi connectivity index (χ4n) is 1.54. The molecule has 25 heavy (non-hydrogen) atoms. The number of anilines is 1. The second kappa shape index (κ2) is 8.35. The zero-order chi connectivity index (χ0) is 19.4. The minimum absolute atomic E-state index is 0.0195. The van der Waals surface area contributed by atoms with Gasteiger partial charge in [0.25, 0.3) is 5.69 Å². The summed E-state index contributed by atoms with van der Waals surface area (Å²) in [6.45, 7) is 5.12. The van der Waals surface area contributed by atoms with Crippen LogP contribution in [-0.2, 0) is 4.79 Å². The first-order valence-corrected chi connectivity index (χ1v) is 8.54. The Kier molecular flexibility index (Phi) is 7.25. The number of nitrogens with one attached hydrogen (secondary N) is 3. The van der Waals surface area contributed by atoms with Gasteiger partial charge in [0.1, 0.15) is 6.17 Å². The standard InChI is InChI=1S/C14H17Cl3N4O3S/c1-13(2,3)11(22)19-10(14(15,16)17)20-12(25)18-8-5-4-6-9(7-8)21(23)24/h4-7,10H,1-3H3,(H,19,22)(H2,18,20,25)/t10-/m0/s1. The summed E-state index contributed by atoms with van der Waals surface area (Å²) in [7, 11) is 0. The van der Waals surface area contributed by atoms with Crippen molar-refractivity contribution in [2.24, 2.45) is 5.41 Å². The summed E-state index contributed by atoms with van der Waals surface area (Å²) >= 11 is 22.8. The number of rotatable bonds is 4. The highest BCUT2D eigenvalue weighted by Crippen LogP contribution is 2.30. The minimum Gasteiger partial charge on any atom is -0.339 e. The smallest absolute Gasteiger partial charge is 0.271 e. The number of thiocarbonyl (C=S) groups is 1. The number of nitrogens with zero attached hydrogens (tertiary/aromatic N) is 1. The van der Waals surface area contributed by atoms with Gasteiger partial charge in [0.05, 0.1) is 4.92 Å². The second-order valence-corrected chi connectivity index (χ2v) is 8.88. The molecular formula is C14H17Cl3N4O3S. The molecule has 0 fully saturated rings. The van der Waals surface area contributed by atoms with Crippen molar-refractivity contribution in [3.05, 3.63) is 34.4 Å². The molecule has 7 nitrogen and oxygen atoms in total. The van der Waals surface area contributed by atoms with Crippen LogP contribution in [0.15, 0.2) is 24.3 Å². The maximum absolute atomic E-state index is 12.1. The summed E-state index contributed by atoms with van der Waals surface area (Å²) in [4.78, 5) is 22.4. The van der Waals surface area contributed by atoms with Crippen LogP contribution < -0.4 is 16.0 Å². The number of amides is 1. The number of non-ortho nitro benzene ring substituents is 1. The summed E-state index contributed by atoms with van der Waals surface area (Å²) in [6.07, 6.45) is -1.11. The van der Waals surface area contributed by atoms with Crippen LogP contribution in [0.4, 0.5) is 11.4 Å². The molecule has 0 aliphatic carbocycles. The molecule has 0 aromatic heterocycles. The Balaban J connectivity index is 2.84. The fraction of sp³-hybridized carbons (Fsp3) is 0.429. The average Bonchev–Trinajstić information content (AvgIpc) is 2.44. The van der Waals surface area contributed by atoms with Gasteiger partial charge in [-0.15, -0.1) is 0 Å². The molecule has 0 saturated heterocycles. The van der Waals surface area contributed by atoms with Crippen LogP contribution in [0.3, 0.4) is 0 Å². The van der Waals surface area contributed by atoms with Gasteiger partial charge in [0.2, 0.25) is 9.70 Å². The van der Waals surface area contributed by atoms with Crippen LogP contribution in [0.5, 0.6) is 0 Å². The topological polar surface area (TPSA) is 96.3 Å². The monoisotopic (exact) mass is 426 g/mol. The fourth-order valence-corrected chi connectivity index (χ4v) is 2.11. The van der Waals surface area contributed by atoms with Crippen molar-refractivity contribution in [1.29, 1.82) is 0 Å². The summed E-state index contributed by atoms with van der Waals surface area (Å²) in [5.41, 5.74) is -0.436. The molecule has 11 heteroatoms. The van der Waals surface area contributed by atoms with E-state index in [0.717, 1.165) is 0 Å². The molecule has 0 radical (unpaired) electrons. The van der Waals surface area contributed by atoms with Crippen molar-refractivity contribution < 1.29 is 9.72 Å². The Morgan fingerprint density at radius 2 is 1.84 bits per heavy atom. The highest BCUT2D eigenvalue weighted by Gasteiger charge is 2.36. The maximum Gasteiger partial charge on any atom is 0.271 e. The molecule has 0 spiro atoms. The molecule has 0 heterocycles. The Bertz CT molecular complexity index is 674. The lowest BCUT2D eigenvalue weighted by Crippen LogP contribution is -2.58. The summed E-state index contributed by atoms with van der Waals surface area (Å²) < 4.78 is -1.88. The lowest BCUT2D eigenvalue weighted by Gasteiger charge is -2.30. The molecule has 1 aromatic carbocycles. The molecule has 0 aliphatic heterocycles. The lowest BCUT2D eigenvalue weighted by molar-refractivity contribution is -0.384. The molecule has 0 bridgehead atoms. The first-order chi connectivity index (χ1) is 11.3. The molecule has 138 valence electrons. The number of carbonyl (C=O) groups is 1. The van der Waals surface area contributed by atoms with E-state index in [9.17, 15) is 14.9 Å². The Morgan fingerprint density at radius 1 is 1.24 bits per heavy atom. The maximum atomic E-state index is 12.1. The van der Waals surface area contributed by atoms with Crippen LogP contribution in [0, 0.1) is 15.5 Å². The number of benzene rings is 1. The third kappa shape index (κ3) is 7.19. The Hall–Kier alpha value is -1.35. The van der Waals surface area contributed by atoms with E-state index in [2.05, 4.69) is 16.0 Å². The minimum atomic E-state index is -1.88.